The van der Waals surface area contributed by atoms with Crippen LogP contribution in [0.4, 0.5) is 0 Å². The van der Waals surface area contributed by atoms with Gasteiger partial charge in [-0.15, -0.1) is 0 Å². The number of rotatable bonds is 17. The maximum atomic E-state index is 13.0. The van der Waals surface area contributed by atoms with Crippen LogP contribution in [0.1, 0.15) is 132 Å². The van der Waals surface area contributed by atoms with Crippen LogP contribution < -0.4 is 0 Å². The van der Waals surface area contributed by atoms with Crippen LogP contribution in [0.3, 0.4) is 0 Å². The molecule has 0 spiro atoms. The van der Waals surface area contributed by atoms with E-state index in [-0.39, 0.29) is 90.8 Å². The second-order valence-electron chi connectivity index (χ2n) is 18.7. The Bertz CT molecular complexity index is 1560. The fourth-order valence-electron chi connectivity index (χ4n) is 10.1. The number of hydrogen-bond acceptors (Lipinski definition) is 10. The summed E-state index contributed by atoms with van der Waals surface area (Å²) in [5.74, 6) is -0.125. The monoisotopic (exact) mass is 809 g/mol. The summed E-state index contributed by atoms with van der Waals surface area (Å²) in [6, 6.07) is 0. The van der Waals surface area contributed by atoms with Crippen LogP contribution in [-0.4, -0.2) is 70.7 Å². The summed E-state index contributed by atoms with van der Waals surface area (Å²) in [7, 11) is 0. The predicted octanol–water partition coefficient (Wildman–Crippen LogP) is 8.39. The van der Waals surface area contributed by atoms with Crippen LogP contribution in [0.15, 0.2) is 47.6 Å². The molecule has 0 aromatic rings. The minimum atomic E-state index is -1.10. The van der Waals surface area contributed by atoms with E-state index in [1.807, 2.05) is 27.7 Å². The highest BCUT2D eigenvalue weighted by Gasteiger charge is 2.44. The first kappa shape index (κ1) is 45.8. The third-order valence-electron chi connectivity index (χ3n) is 13.9. The standard InChI is InChI=1S/C48H72O10/c1-9-29(5)47(53)57-41-21-27(3)19-33-13-11-31(7)39(45(33)41)17-15-35(49)23-36(50)24-43(51)56-38-25-37(55-44(52)26-38)16-18-40-32(8)12-14-34-20-28(4)22-42(46(34)40)58-48(54)30(6)10-2/h11-14,19-20,27-32,35-42,45-46,49-50H,9-10,15-18,21-26H2,1-8H3/t27-,28-,29-,30-,31-,32-,35+,36-,37+,38+,39-,40-,41-,42-,45-,46-/m0/s1. The van der Waals surface area contributed by atoms with Gasteiger partial charge in [0.1, 0.15) is 24.4 Å². The zero-order chi connectivity index (χ0) is 42.3. The van der Waals surface area contributed by atoms with E-state index in [1.54, 1.807) is 0 Å². The van der Waals surface area contributed by atoms with Crippen molar-refractivity contribution in [3.05, 3.63) is 47.6 Å². The Morgan fingerprint density at radius 2 is 1.26 bits per heavy atom. The molecule has 1 fully saturated rings. The normalized spacial score (nSPS) is 35.2. The molecule has 2 N–H and O–H groups in total. The smallest absolute Gasteiger partial charge is 0.309 e. The number of fused-ring (bicyclic) bond motifs is 2. The third-order valence-corrected chi connectivity index (χ3v) is 13.9. The number of aliphatic hydroxyl groups is 2. The number of ether oxygens (including phenoxy) is 4. The second kappa shape index (κ2) is 20.8. The number of hydrogen-bond donors (Lipinski definition) is 2. The van der Waals surface area contributed by atoms with Gasteiger partial charge in [-0.3, -0.25) is 19.2 Å². The molecule has 1 heterocycles. The number of carbonyl (C=O) groups excluding carboxylic acids is 4. The van der Waals surface area contributed by atoms with Gasteiger partial charge in [-0.1, -0.05) is 91.8 Å². The van der Waals surface area contributed by atoms with Gasteiger partial charge in [-0.05, 0) is 104 Å². The van der Waals surface area contributed by atoms with Crippen molar-refractivity contribution in [3.63, 3.8) is 0 Å². The number of esters is 4. The van der Waals surface area contributed by atoms with Crippen molar-refractivity contribution in [2.45, 2.75) is 169 Å². The van der Waals surface area contributed by atoms with Gasteiger partial charge >= 0.3 is 23.9 Å². The first-order valence-electron chi connectivity index (χ1n) is 22.5. The van der Waals surface area contributed by atoms with Crippen LogP contribution >= 0.6 is 0 Å². The molecular weight excluding hydrogens is 737 g/mol. The molecule has 0 bridgehead atoms. The van der Waals surface area contributed by atoms with E-state index in [0.717, 1.165) is 32.1 Å². The highest BCUT2D eigenvalue weighted by molar-refractivity contribution is 5.74. The van der Waals surface area contributed by atoms with Gasteiger partial charge < -0.3 is 29.2 Å². The van der Waals surface area contributed by atoms with Crippen molar-refractivity contribution in [1.82, 2.24) is 0 Å². The average molecular weight is 809 g/mol. The minimum Gasteiger partial charge on any atom is -0.462 e. The summed E-state index contributed by atoms with van der Waals surface area (Å²) in [6.45, 7) is 16.4. The quantitative estimate of drug-likeness (QED) is 0.109. The lowest BCUT2D eigenvalue weighted by atomic mass is 9.65. The summed E-state index contributed by atoms with van der Waals surface area (Å²) in [6.07, 6.45) is 15.4. The summed E-state index contributed by atoms with van der Waals surface area (Å²) in [4.78, 5) is 51.5. The van der Waals surface area contributed by atoms with Crippen LogP contribution in [0.5, 0.6) is 0 Å². The molecule has 0 unspecified atom stereocenters. The van der Waals surface area contributed by atoms with Gasteiger partial charge in [0.2, 0.25) is 0 Å². The van der Waals surface area contributed by atoms with Gasteiger partial charge in [-0.25, -0.2) is 0 Å². The molecule has 0 radical (unpaired) electrons. The molecule has 1 aliphatic heterocycles. The SMILES string of the molecule is CC[C@H](C)C(=O)O[C@H]1C[C@@H](C)C=C2C=C[C@H](C)[C@H](CC[C@@H](O)C[C@H](O)CC(=O)O[C@H]3CC(=O)O[C@H](CC[C@@H]4[C@@H]5C(=C[C@H](C)C[C@@H]5OC(=O)[C@@H](C)CC)C=C[C@@H]4C)C3)[C@H]21. The Morgan fingerprint density at radius 3 is 1.78 bits per heavy atom. The molecule has 5 rings (SSSR count). The largest absolute Gasteiger partial charge is 0.462 e. The zero-order valence-corrected chi connectivity index (χ0v) is 36.3. The fourth-order valence-corrected chi connectivity index (χ4v) is 10.1. The Kier molecular flexibility index (Phi) is 16.5. The van der Waals surface area contributed by atoms with E-state index in [1.165, 1.54) is 11.1 Å². The van der Waals surface area contributed by atoms with Gasteiger partial charge in [0.05, 0.1) is 36.9 Å². The number of cyclic esters (lactones) is 1. The molecule has 10 nitrogen and oxygen atoms in total. The first-order chi connectivity index (χ1) is 27.6. The fraction of sp³-hybridized carbons (Fsp3) is 0.750. The van der Waals surface area contributed by atoms with E-state index in [9.17, 15) is 29.4 Å². The van der Waals surface area contributed by atoms with Crippen molar-refractivity contribution in [2.24, 2.45) is 59.2 Å². The highest BCUT2D eigenvalue weighted by Crippen LogP contribution is 2.47. The van der Waals surface area contributed by atoms with Crippen LogP contribution in [0.2, 0.25) is 0 Å². The van der Waals surface area contributed by atoms with E-state index < -0.39 is 36.4 Å². The summed E-state index contributed by atoms with van der Waals surface area (Å²) in [5.41, 5.74) is 2.40. The Labute approximate surface area is 347 Å². The molecule has 0 amide bonds. The van der Waals surface area contributed by atoms with Gasteiger partial charge in [0, 0.05) is 18.3 Å². The molecule has 0 aromatic carbocycles. The van der Waals surface area contributed by atoms with Crippen LogP contribution in [0.25, 0.3) is 0 Å². The number of carbonyl (C=O) groups is 4. The van der Waals surface area contributed by atoms with E-state index in [2.05, 4.69) is 64.2 Å². The summed E-state index contributed by atoms with van der Waals surface area (Å²) < 4.78 is 23.8. The maximum absolute atomic E-state index is 13.0. The van der Waals surface area contributed by atoms with E-state index in [4.69, 9.17) is 18.9 Å². The van der Waals surface area contributed by atoms with Crippen molar-refractivity contribution in [3.8, 4) is 0 Å². The Balaban J connectivity index is 1.10. The number of allylic oxidation sites excluding steroid dienone is 6. The molecule has 58 heavy (non-hydrogen) atoms. The molecule has 0 aromatic heterocycles. The molecule has 5 aliphatic rings. The first-order valence-corrected chi connectivity index (χ1v) is 22.5. The van der Waals surface area contributed by atoms with Crippen molar-refractivity contribution in [1.29, 1.82) is 0 Å². The van der Waals surface area contributed by atoms with Gasteiger partial charge in [0.15, 0.2) is 0 Å². The third kappa shape index (κ3) is 11.9. The Morgan fingerprint density at radius 1 is 0.741 bits per heavy atom. The topological polar surface area (TPSA) is 146 Å². The minimum absolute atomic E-state index is 0.0241. The summed E-state index contributed by atoms with van der Waals surface area (Å²) in [5, 5.41) is 21.9. The van der Waals surface area contributed by atoms with Crippen molar-refractivity contribution < 1.29 is 48.3 Å². The second-order valence-corrected chi connectivity index (χ2v) is 18.7. The summed E-state index contributed by atoms with van der Waals surface area (Å²) >= 11 is 0. The molecular formula is C48H72O10. The zero-order valence-electron chi connectivity index (χ0n) is 36.3. The molecule has 10 heteroatoms. The average Bonchev–Trinajstić information content (AvgIpc) is 3.16. The molecule has 324 valence electrons. The van der Waals surface area contributed by atoms with Gasteiger partial charge in [0.25, 0.3) is 0 Å². The lowest BCUT2D eigenvalue weighted by Crippen LogP contribution is -2.42. The van der Waals surface area contributed by atoms with Crippen LogP contribution in [-0.2, 0) is 38.1 Å². The number of aliphatic hydroxyl groups excluding tert-OH is 2. The Hall–Kier alpha value is -3.24. The maximum Gasteiger partial charge on any atom is 0.309 e. The molecule has 1 saturated heterocycles. The van der Waals surface area contributed by atoms with E-state index in [0.29, 0.717) is 37.5 Å². The van der Waals surface area contributed by atoms with Crippen LogP contribution in [0, 0.1) is 59.2 Å². The molecule has 0 saturated carbocycles. The lowest BCUT2D eigenvalue weighted by molar-refractivity contribution is -0.171. The van der Waals surface area contributed by atoms with Crippen molar-refractivity contribution >= 4 is 23.9 Å². The van der Waals surface area contributed by atoms with Gasteiger partial charge in [-0.2, -0.15) is 0 Å². The lowest BCUT2D eigenvalue weighted by Gasteiger charge is -2.43. The van der Waals surface area contributed by atoms with Crippen molar-refractivity contribution in [2.75, 3.05) is 0 Å². The predicted molar refractivity (Wildman–Crippen MR) is 222 cm³/mol. The highest BCUT2D eigenvalue weighted by atomic mass is 16.6. The molecule has 16 atom stereocenters. The molecule has 4 aliphatic carbocycles. The van der Waals surface area contributed by atoms with E-state index >= 15 is 0 Å².